The summed E-state index contributed by atoms with van der Waals surface area (Å²) in [6.45, 7) is 4.41. The predicted molar refractivity (Wildman–Crippen MR) is 87.6 cm³/mol. The SMILES string of the molecule is CC1(C)COC(C=O)N1c1nc(-c2ccc(Br)cc2F)cs1. The van der Waals surface area contributed by atoms with E-state index in [2.05, 4.69) is 20.9 Å². The van der Waals surface area contributed by atoms with Crippen molar-refractivity contribution in [2.75, 3.05) is 11.5 Å². The zero-order chi connectivity index (χ0) is 15.9. The zero-order valence-electron chi connectivity index (χ0n) is 12.0. The van der Waals surface area contributed by atoms with Gasteiger partial charge in [-0.15, -0.1) is 11.3 Å². The monoisotopic (exact) mass is 384 g/mol. The third kappa shape index (κ3) is 2.68. The molecule has 0 radical (unpaired) electrons. The highest BCUT2D eigenvalue weighted by Gasteiger charge is 2.42. The molecule has 7 heteroatoms. The predicted octanol–water partition coefficient (Wildman–Crippen LogP) is 3.85. The molecule has 1 fully saturated rings. The number of aromatic nitrogens is 1. The van der Waals surface area contributed by atoms with Gasteiger partial charge < -0.3 is 9.64 Å². The van der Waals surface area contributed by atoms with Gasteiger partial charge in [0, 0.05) is 15.4 Å². The summed E-state index contributed by atoms with van der Waals surface area (Å²) in [4.78, 5) is 17.5. The standard InChI is InChI=1S/C15H14BrFN2O2S/c1-15(2)8-21-13(6-20)19(15)14-18-12(7-22-14)10-4-3-9(16)5-11(10)17/h3-7,13H,8H2,1-2H3. The van der Waals surface area contributed by atoms with Crippen LogP contribution in [0.25, 0.3) is 11.3 Å². The van der Waals surface area contributed by atoms with Crippen LogP contribution in [0.4, 0.5) is 9.52 Å². The van der Waals surface area contributed by atoms with Gasteiger partial charge in [0.25, 0.3) is 0 Å². The van der Waals surface area contributed by atoms with E-state index in [4.69, 9.17) is 4.74 Å². The second-order valence-electron chi connectivity index (χ2n) is 5.66. The van der Waals surface area contributed by atoms with Crippen LogP contribution >= 0.6 is 27.3 Å². The van der Waals surface area contributed by atoms with Crippen LogP contribution in [0.5, 0.6) is 0 Å². The first-order chi connectivity index (χ1) is 10.4. The molecule has 0 N–H and O–H groups in total. The number of hydrogen-bond acceptors (Lipinski definition) is 5. The Labute approximate surface area is 140 Å². The summed E-state index contributed by atoms with van der Waals surface area (Å²) < 4.78 is 20.2. The first-order valence-corrected chi connectivity index (χ1v) is 8.37. The molecule has 1 aromatic heterocycles. The molecule has 0 amide bonds. The third-order valence-electron chi connectivity index (χ3n) is 3.54. The Hall–Kier alpha value is -1.31. The highest BCUT2D eigenvalue weighted by atomic mass is 79.9. The average molecular weight is 385 g/mol. The lowest BCUT2D eigenvalue weighted by atomic mass is 10.1. The summed E-state index contributed by atoms with van der Waals surface area (Å²) in [7, 11) is 0. The van der Waals surface area contributed by atoms with Crippen molar-refractivity contribution < 1.29 is 13.9 Å². The highest BCUT2D eigenvalue weighted by Crippen LogP contribution is 2.37. The molecule has 0 aliphatic carbocycles. The Bertz CT molecular complexity index is 719. The van der Waals surface area contributed by atoms with Crippen molar-refractivity contribution in [3.05, 3.63) is 33.9 Å². The number of nitrogens with zero attached hydrogens (tertiary/aromatic N) is 2. The van der Waals surface area contributed by atoms with E-state index in [9.17, 15) is 9.18 Å². The molecule has 3 rings (SSSR count). The minimum Gasteiger partial charge on any atom is -0.349 e. The minimum atomic E-state index is -0.649. The Morgan fingerprint density at radius 1 is 1.55 bits per heavy atom. The van der Waals surface area contributed by atoms with Gasteiger partial charge in [-0.2, -0.15) is 0 Å². The zero-order valence-corrected chi connectivity index (χ0v) is 14.4. The van der Waals surface area contributed by atoms with Crippen molar-refractivity contribution in [1.82, 2.24) is 4.98 Å². The summed E-state index contributed by atoms with van der Waals surface area (Å²) in [5.41, 5.74) is 0.655. The summed E-state index contributed by atoms with van der Waals surface area (Å²) in [5, 5.41) is 2.44. The number of hydrogen-bond donors (Lipinski definition) is 0. The number of benzene rings is 1. The van der Waals surface area contributed by atoms with Crippen LogP contribution in [0.15, 0.2) is 28.1 Å². The molecule has 116 valence electrons. The van der Waals surface area contributed by atoms with Crippen molar-refractivity contribution in [3.63, 3.8) is 0 Å². The molecule has 1 aromatic carbocycles. The second-order valence-corrected chi connectivity index (χ2v) is 7.41. The van der Waals surface area contributed by atoms with Gasteiger partial charge in [0.15, 0.2) is 17.6 Å². The normalized spacial score (nSPS) is 20.4. The molecule has 2 heterocycles. The number of rotatable bonds is 3. The quantitative estimate of drug-likeness (QED) is 0.753. The van der Waals surface area contributed by atoms with E-state index in [-0.39, 0.29) is 11.4 Å². The van der Waals surface area contributed by atoms with Gasteiger partial charge in [0.2, 0.25) is 0 Å². The summed E-state index contributed by atoms with van der Waals surface area (Å²) in [6, 6.07) is 4.86. The van der Waals surface area contributed by atoms with E-state index in [1.54, 1.807) is 17.5 Å². The van der Waals surface area contributed by atoms with Gasteiger partial charge >= 0.3 is 0 Å². The van der Waals surface area contributed by atoms with E-state index in [0.29, 0.717) is 27.5 Å². The molecule has 2 aromatic rings. The maximum absolute atomic E-state index is 14.1. The second kappa shape index (κ2) is 5.72. The third-order valence-corrected chi connectivity index (χ3v) is 4.87. The maximum atomic E-state index is 14.1. The molecule has 1 saturated heterocycles. The van der Waals surface area contributed by atoms with Crippen LogP contribution in [0.3, 0.4) is 0 Å². The maximum Gasteiger partial charge on any atom is 0.189 e. The molecule has 0 saturated carbocycles. The van der Waals surface area contributed by atoms with Gasteiger partial charge in [0.05, 0.1) is 17.8 Å². The van der Waals surface area contributed by atoms with Crippen LogP contribution < -0.4 is 4.90 Å². The highest BCUT2D eigenvalue weighted by molar-refractivity contribution is 9.10. The van der Waals surface area contributed by atoms with E-state index in [1.165, 1.54) is 17.4 Å². The van der Waals surface area contributed by atoms with E-state index >= 15 is 0 Å². The topological polar surface area (TPSA) is 42.4 Å². The fraction of sp³-hybridized carbons (Fsp3) is 0.333. The number of anilines is 1. The first-order valence-electron chi connectivity index (χ1n) is 6.69. The molecule has 0 spiro atoms. The lowest BCUT2D eigenvalue weighted by Crippen LogP contribution is -2.45. The lowest BCUT2D eigenvalue weighted by molar-refractivity contribution is -0.115. The molecule has 4 nitrogen and oxygen atoms in total. The number of halogens is 2. The number of carbonyl (C=O) groups excluding carboxylic acids is 1. The smallest absolute Gasteiger partial charge is 0.189 e. The lowest BCUT2D eigenvalue weighted by Gasteiger charge is -2.30. The first kappa shape index (κ1) is 15.6. The summed E-state index contributed by atoms with van der Waals surface area (Å²) in [5.74, 6) is -0.338. The van der Waals surface area contributed by atoms with Gasteiger partial charge in [-0.1, -0.05) is 15.9 Å². The minimum absolute atomic E-state index is 0.334. The average Bonchev–Trinajstić information content (AvgIpc) is 3.02. The van der Waals surface area contributed by atoms with Crippen molar-refractivity contribution in [2.24, 2.45) is 0 Å². The summed E-state index contributed by atoms with van der Waals surface area (Å²) in [6.07, 6.45) is 0.111. The van der Waals surface area contributed by atoms with Gasteiger partial charge in [-0.3, -0.25) is 4.79 Å². The van der Waals surface area contributed by atoms with Crippen molar-refractivity contribution in [3.8, 4) is 11.3 Å². The van der Waals surface area contributed by atoms with Gasteiger partial charge in [-0.25, -0.2) is 9.37 Å². The molecule has 1 aliphatic heterocycles. The molecule has 1 atom stereocenters. The number of carbonyl (C=O) groups is 1. The van der Waals surface area contributed by atoms with Crippen LogP contribution in [0, 0.1) is 5.82 Å². The fourth-order valence-corrected chi connectivity index (χ4v) is 3.79. The Morgan fingerprint density at radius 2 is 2.32 bits per heavy atom. The van der Waals surface area contributed by atoms with Crippen LogP contribution in [-0.4, -0.2) is 29.6 Å². The number of thiazole rings is 1. The van der Waals surface area contributed by atoms with Crippen LogP contribution in [0.2, 0.25) is 0 Å². The van der Waals surface area contributed by atoms with Crippen molar-refractivity contribution in [2.45, 2.75) is 25.6 Å². The molecule has 1 aliphatic rings. The van der Waals surface area contributed by atoms with Crippen molar-refractivity contribution in [1.29, 1.82) is 0 Å². The van der Waals surface area contributed by atoms with Gasteiger partial charge in [-0.05, 0) is 32.0 Å². The molecular weight excluding hydrogens is 371 g/mol. The van der Waals surface area contributed by atoms with E-state index in [1.807, 2.05) is 18.7 Å². The van der Waals surface area contributed by atoms with Gasteiger partial charge in [0.1, 0.15) is 5.82 Å². The fourth-order valence-electron chi connectivity index (χ4n) is 2.44. The van der Waals surface area contributed by atoms with E-state index in [0.717, 1.165) is 6.29 Å². The molecule has 22 heavy (non-hydrogen) atoms. The molecule has 0 bridgehead atoms. The van der Waals surface area contributed by atoms with E-state index < -0.39 is 6.23 Å². The Balaban J connectivity index is 1.98. The number of aldehydes is 1. The van der Waals surface area contributed by atoms with Crippen LogP contribution in [0.1, 0.15) is 13.8 Å². The Morgan fingerprint density at radius 3 is 3.00 bits per heavy atom. The largest absolute Gasteiger partial charge is 0.349 e. The number of ether oxygens (including phenoxy) is 1. The van der Waals surface area contributed by atoms with Crippen molar-refractivity contribution >= 4 is 38.7 Å². The molecular formula is C15H14BrFN2O2S. The Kier molecular flexibility index (Phi) is 4.05. The van der Waals surface area contributed by atoms with Crippen LogP contribution in [-0.2, 0) is 9.53 Å². The molecule has 1 unspecified atom stereocenters. The summed E-state index contributed by atoms with van der Waals surface area (Å²) >= 11 is 4.61.